The van der Waals surface area contributed by atoms with E-state index in [1.54, 1.807) is 7.11 Å². The molecule has 2 rings (SSSR count). The maximum Gasteiger partial charge on any atom is 0.242 e. The molecule has 88 valence electrons. The molecule has 0 unspecified atom stereocenters. The molecular weight excluding hydrogens is 204 g/mol. The quantitative estimate of drug-likeness (QED) is 0.792. The molecule has 1 aliphatic rings. The SMILES string of the molecule is CCC1(CNc2ncnc(OC)c2N)CC1. The summed E-state index contributed by atoms with van der Waals surface area (Å²) < 4.78 is 5.04. The topological polar surface area (TPSA) is 73.1 Å². The number of nitrogens with zero attached hydrogens (tertiary/aromatic N) is 2. The minimum atomic E-state index is 0.429. The number of hydrogen-bond donors (Lipinski definition) is 2. The third-order valence-corrected chi connectivity index (χ3v) is 3.38. The molecule has 1 aliphatic carbocycles. The van der Waals surface area contributed by atoms with Crippen molar-refractivity contribution in [2.45, 2.75) is 26.2 Å². The molecule has 1 saturated carbocycles. The van der Waals surface area contributed by atoms with Crippen molar-refractivity contribution in [3.63, 3.8) is 0 Å². The van der Waals surface area contributed by atoms with Gasteiger partial charge in [0.2, 0.25) is 5.88 Å². The molecule has 1 aromatic rings. The van der Waals surface area contributed by atoms with Crippen molar-refractivity contribution in [2.75, 3.05) is 24.7 Å². The first-order chi connectivity index (χ1) is 7.71. The van der Waals surface area contributed by atoms with Crippen LogP contribution in [0.25, 0.3) is 0 Å². The molecule has 16 heavy (non-hydrogen) atoms. The Labute approximate surface area is 95.4 Å². The first-order valence-corrected chi connectivity index (χ1v) is 5.59. The highest BCUT2D eigenvalue weighted by atomic mass is 16.5. The number of anilines is 2. The second-order valence-corrected chi connectivity index (χ2v) is 4.35. The smallest absolute Gasteiger partial charge is 0.242 e. The summed E-state index contributed by atoms with van der Waals surface area (Å²) in [6.45, 7) is 3.15. The van der Waals surface area contributed by atoms with E-state index >= 15 is 0 Å². The fourth-order valence-electron chi connectivity index (χ4n) is 1.79. The van der Waals surface area contributed by atoms with Crippen LogP contribution in [0.3, 0.4) is 0 Å². The van der Waals surface area contributed by atoms with Gasteiger partial charge < -0.3 is 15.8 Å². The number of aromatic nitrogens is 2. The second-order valence-electron chi connectivity index (χ2n) is 4.35. The van der Waals surface area contributed by atoms with E-state index in [0.717, 1.165) is 6.54 Å². The van der Waals surface area contributed by atoms with E-state index < -0.39 is 0 Å². The van der Waals surface area contributed by atoms with Crippen LogP contribution in [-0.4, -0.2) is 23.6 Å². The molecule has 3 N–H and O–H groups in total. The fraction of sp³-hybridized carbons (Fsp3) is 0.636. The van der Waals surface area contributed by atoms with Crippen molar-refractivity contribution >= 4 is 11.5 Å². The summed E-state index contributed by atoms with van der Waals surface area (Å²) in [5.74, 6) is 1.10. The van der Waals surface area contributed by atoms with Gasteiger partial charge in [-0.3, -0.25) is 0 Å². The summed E-state index contributed by atoms with van der Waals surface area (Å²) in [5.41, 5.74) is 6.82. The van der Waals surface area contributed by atoms with Crippen LogP contribution >= 0.6 is 0 Å². The molecule has 0 bridgehead atoms. The van der Waals surface area contributed by atoms with Gasteiger partial charge in [0.1, 0.15) is 12.0 Å². The normalized spacial score (nSPS) is 16.9. The molecule has 0 radical (unpaired) electrons. The molecule has 0 atom stereocenters. The lowest BCUT2D eigenvalue weighted by Crippen LogP contribution is -2.16. The van der Waals surface area contributed by atoms with Crippen LogP contribution in [0.1, 0.15) is 26.2 Å². The molecule has 0 saturated heterocycles. The molecule has 1 heterocycles. The van der Waals surface area contributed by atoms with E-state index in [2.05, 4.69) is 22.2 Å². The molecule has 5 heteroatoms. The Hall–Kier alpha value is -1.52. The predicted molar refractivity (Wildman–Crippen MR) is 63.4 cm³/mol. The Morgan fingerprint density at radius 3 is 2.81 bits per heavy atom. The van der Waals surface area contributed by atoms with Crippen molar-refractivity contribution in [1.29, 1.82) is 0 Å². The van der Waals surface area contributed by atoms with Crippen molar-refractivity contribution in [3.05, 3.63) is 6.33 Å². The third-order valence-electron chi connectivity index (χ3n) is 3.38. The van der Waals surface area contributed by atoms with Crippen LogP contribution < -0.4 is 15.8 Å². The lowest BCUT2D eigenvalue weighted by atomic mass is 10.0. The molecule has 0 amide bonds. The molecule has 0 aromatic carbocycles. The van der Waals surface area contributed by atoms with E-state index in [-0.39, 0.29) is 0 Å². The van der Waals surface area contributed by atoms with Crippen LogP contribution in [0.2, 0.25) is 0 Å². The second kappa shape index (κ2) is 4.15. The van der Waals surface area contributed by atoms with Gasteiger partial charge in [0.05, 0.1) is 7.11 Å². The van der Waals surface area contributed by atoms with Crippen molar-refractivity contribution in [1.82, 2.24) is 9.97 Å². The summed E-state index contributed by atoms with van der Waals surface area (Å²) in [6, 6.07) is 0. The van der Waals surface area contributed by atoms with E-state index in [1.807, 2.05) is 0 Å². The maximum atomic E-state index is 5.87. The minimum Gasteiger partial charge on any atom is -0.479 e. The number of ether oxygens (including phenoxy) is 1. The minimum absolute atomic E-state index is 0.429. The average molecular weight is 222 g/mol. The van der Waals surface area contributed by atoms with Gasteiger partial charge in [-0.15, -0.1) is 0 Å². The molecule has 1 aromatic heterocycles. The van der Waals surface area contributed by atoms with E-state index in [4.69, 9.17) is 10.5 Å². The lowest BCUT2D eigenvalue weighted by Gasteiger charge is -2.15. The lowest BCUT2D eigenvalue weighted by molar-refractivity contribution is 0.399. The van der Waals surface area contributed by atoms with Crippen molar-refractivity contribution < 1.29 is 4.74 Å². The summed E-state index contributed by atoms with van der Waals surface area (Å²) in [6.07, 6.45) is 5.24. The van der Waals surface area contributed by atoms with Gasteiger partial charge >= 0.3 is 0 Å². The maximum absolute atomic E-state index is 5.87. The average Bonchev–Trinajstić information content (AvgIpc) is 3.08. The highest BCUT2D eigenvalue weighted by molar-refractivity contribution is 5.66. The standard InChI is InChI=1S/C11H18N4O/c1-3-11(4-5-11)6-13-9-8(12)10(16-2)15-7-14-9/h7H,3-6,12H2,1-2H3,(H,13,14,15). The Morgan fingerprint density at radius 1 is 1.50 bits per heavy atom. The van der Waals surface area contributed by atoms with Crippen molar-refractivity contribution in [2.24, 2.45) is 5.41 Å². The van der Waals surface area contributed by atoms with Gasteiger partial charge in [-0.2, -0.15) is 4.98 Å². The number of nitrogen functional groups attached to an aromatic ring is 1. The number of nitrogens with two attached hydrogens (primary N) is 1. The first-order valence-electron chi connectivity index (χ1n) is 5.59. The van der Waals surface area contributed by atoms with Gasteiger partial charge in [-0.25, -0.2) is 4.98 Å². The Morgan fingerprint density at radius 2 is 2.25 bits per heavy atom. The highest BCUT2D eigenvalue weighted by Crippen LogP contribution is 2.48. The van der Waals surface area contributed by atoms with Crippen LogP contribution in [0, 0.1) is 5.41 Å². The van der Waals surface area contributed by atoms with E-state index in [9.17, 15) is 0 Å². The first kappa shape index (κ1) is 11.0. The summed E-state index contributed by atoms with van der Waals surface area (Å²) in [7, 11) is 1.55. The van der Waals surface area contributed by atoms with Crippen LogP contribution in [0.15, 0.2) is 6.33 Å². The molecule has 5 nitrogen and oxygen atoms in total. The van der Waals surface area contributed by atoms with Crippen LogP contribution in [0.4, 0.5) is 11.5 Å². The van der Waals surface area contributed by atoms with Gasteiger partial charge in [0, 0.05) is 6.54 Å². The number of hydrogen-bond acceptors (Lipinski definition) is 5. The fourth-order valence-corrected chi connectivity index (χ4v) is 1.79. The third kappa shape index (κ3) is 2.03. The van der Waals surface area contributed by atoms with Gasteiger partial charge in [0.25, 0.3) is 0 Å². The zero-order valence-electron chi connectivity index (χ0n) is 9.79. The Kier molecular flexibility index (Phi) is 2.85. The zero-order valence-corrected chi connectivity index (χ0v) is 9.79. The van der Waals surface area contributed by atoms with Gasteiger partial charge in [-0.05, 0) is 24.7 Å². The van der Waals surface area contributed by atoms with E-state index in [0.29, 0.717) is 22.8 Å². The van der Waals surface area contributed by atoms with Gasteiger partial charge in [0.15, 0.2) is 5.82 Å². The van der Waals surface area contributed by atoms with Crippen LogP contribution in [-0.2, 0) is 0 Å². The predicted octanol–water partition coefficient (Wildman–Crippen LogP) is 1.67. The monoisotopic (exact) mass is 222 g/mol. The van der Waals surface area contributed by atoms with Crippen molar-refractivity contribution in [3.8, 4) is 5.88 Å². The number of methoxy groups -OCH3 is 1. The summed E-state index contributed by atoms with van der Waals surface area (Å²) in [5, 5.41) is 3.29. The Bertz CT molecular complexity index is 376. The summed E-state index contributed by atoms with van der Waals surface area (Å²) in [4.78, 5) is 8.06. The summed E-state index contributed by atoms with van der Waals surface area (Å²) >= 11 is 0. The van der Waals surface area contributed by atoms with Gasteiger partial charge in [-0.1, -0.05) is 6.92 Å². The molecule has 0 spiro atoms. The zero-order chi connectivity index (χ0) is 11.6. The van der Waals surface area contributed by atoms with E-state index in [1.165, 1.54) is 25.6 Å². The molecular formula is C11H18N4O. The Balaban J connectivity index is 2.04. The largest absolute Gasteiger partial charge is 0.479 e. The number of rotatable bonds is 5. The highest BCUT2D eigenvalue weighted by Gasteiger charge is 2.40. The molecule has 0 aliphatic heterocycles. The number of nitrogens with one attached hydrogen (secondary N) is 1. The van der Waals surface area contributed by atoms with Crippen LogP contribution in [0.5, 0.6) is 5.88 Å². The molecule has 1 fully saturated rings.